The molecule has 3 nitrogen and oxygen atoms in total. The molecule has 1 saturated heterocycles. The summed E-state index contributed by atoms with van der Waals surface area (Å²) in [5.41, 5.74) is 0.938. The first-order chi connectivity index (χ1) is 10.2. The number of rotatable bonds is 3. The molecule has 1 aliphatic heterocycles. The van der Waals surface area contributed by atoms with E-state index in [2.05, 4.69) is 5.32 Å². The molecule has 1 aliphatic rings. The number of hydrogen-bond donors (Lipinski definition) is 1. The molecule has 110 valence electrons. The summed E-state index contributed by atoms with van der Waals surface area (Å²) in [6, 6.07) is 16.1. The highest BCUT2D eigenvalue weighted by Gasteiger charge is 2.25. The Kier molecular flexibility index (Phi) is 4.08. The quantitative estimate of drug-likeness (QED) is 0.948. The van der Waals surface area contributed by atoms with Gasteiger partial charge in [-0.2, -0.15) is 0 Å². The smallest absolute Gasteiger partial charge is 0.206 e. The zero-order valence-corrected chi connectivity index (χ0v) is 12.6. The van der Waals surface area contributed by atoms with Crippen molar-refractivity contribution in [3.05, 3.63) is 60.2 Å². The standard InChI is InChI=1S/C17H19NO2S/c19-21(20,15-8-2-1-3-9-15)17-11-5-4-10-16(17)14-7-6-12-18-13-14/h1-5,8-11,14,18H,6-7,12-13H2. The van der Waals surface area contributed by atoms with Gasteiger partial charge in [0.05, 0.1) is 9.79 Å². The SMILES string of the molecule is O=S(=O)(c1ccccc1)c1ccccc1C1CCCNC1. The molecule has 3 rings (SSSR count). The lowest BCUT2D eigenvalue weighted by molar-refractivity contribution is 0.456. The second kappa shape index (κ2) is 6.00. The van der Waals surface area contributed by atoms with Gasteiger partial charge in [-0.15, -0.1) is 0 Å². The molecule has 4 heteroatoms. The highest BCUT2D eigenvalue weighted by atomic mass is 32.2. The molecular weight excluding hydrogens is 282 g/mol. The Labute approximate surface area is 125 Å². The largest absolute Gasteiger partial charge is 0.316 e. The minimum absolute atomic E-state index is 0.272. The predicted molar refractivity (Wildman–Crippen MR) is 83.2 cm³/mol. The lowest BCUT2D eigenvalue weighted by atomic mass is 9.92. The van der Waals surface area contributed by atoms with Gasteiger partial charge < -0.3 is 5.32 Å². The molecule has 0 aromatic heterocycles. The average Bonchev–Trinajstić information content (AvgIpc) is 2.56. The van der Waals surface area contributed by atoms with Gasteiger partial charge in [-0.05, 0) is 49.1 Å². The summed E-state index contributed by atoms with van der Waals surface area (Å²) < 4.78 is 25.8. The summed E-state index contributed by atoms with van der Waals surface area (Å²) in [7, 11) is -3.45. The summed E-state index contributed by atoms with van der Waals surface area (Å²) in [5, 5.41) is 3.36. The van der Waals surface area contributed by atoms with Crippen LogP contribution >= 0.6 is 0 Å². The van der Waals surface area contributed by atoms with E-state index in [4.69, 9.17) is 0 Å². The van der Waals surface area contributed by atoms with Crippen molar-refractivity contribution < 1.29 is 8.42 Å². The summed E-state index contributed by atoms with van der Waals surface area (Å²) in [6.07, 6.45) is 2.12. The van der Waals surface area contributed by atoms with Crippen LogP contribution in [0.4, 0.5) is 0 Å². The molecule has 1 heterocycles. The molecule has 0 aliphatic carbocycles. The highest BCUT2D eigenvalue weighted by Crippen LogP contribution is 2.32. The maximum absolute atomic E-state index is 12.9. The second-order valence-electron chi connectivity index (χ2n) is 5.40. The van der Waals surface area contributed by atoms with Gasteiger partial charge in [-0.3, -0.25) is 0 Å². The summed E-state index contributed by atoms with van der Waals surface area (Å²) in [6.45, 7) is 1.87. The normalized spacial score (nSPS) is 19.3. The minimum Gasteiger partial charge on any atom is -0.316 e. The summed E-state index contributed by atoms with van der Waals surface area (Å²) in [5.74, 6) is 0.272. The van der Waals surface area contributed by atoms with Crippen molar-refractivity contribution in [2.45, 2.75) is 28.6 Å². The average molecular weight is 301 g/mol. The van der Waals surface area contributed by atoms with E-state index in [1.54, 1.807) is 36.4 Å². The van der Waals surface area contributed by atoms with Crippen LogP contribution in [0.5, 0.6) is 0 Å². The van der Waals surface area contributed by atoms with E-state index in [0.29, 0.717) is 9.79 Å². The first kappa shape index (κ1) is 14.3. The molecule has 0 spiro atoms. The molecule has 2 aromatic carbocycles. The fourth-order valence-corrected chi connectivity index (χ4v) is 4.48. The number of piperidine rings is 1. The third kappa shape index (κ3) is 2.87. The van der Waals surface area contributed by atoms with E-state index < -0.39 is 9.84 Å². The molecule has 1 N–H and O–H groups in total. The molecular formula is C17H19NO2S. The van der Waals surface area contributed by atoms with Crippen LogP contribution in [0.2, 0.25) is 0 Å². The van der Waals surface area contributed by atoms with Crippen molar-refractivity contribution in [3.8, 4) is 0 Å². The van der Waals surface area contributed by atoms with E-state index >= 15 is 0 Å². The van der Waals surface area contributed by atoms with E-state index in [0.717, 1.165) is 31.5 Å². The van der Waals surface area contributed by atoms with Crippen molar-refractivity contribution in [3.63, 3.8) is 0 Å². The van der Waals surface area contributed by atoms with Gasteiger partial charge in [0.2, 0.25) is 9.84 Å². The fraction of sp³-hybridized carbons (Fsp3) is 0.294. The monoisotopic (exact) mass is 301 g/mol. The number of benzene rings is 2. The maximum Gasteiger partial charge on any atom is 0.206 e. The molecule has 2 aromatic rings. The van der Waals surface area contributed by atoms with Crippen LogP contribution in [0.3, 0.4) is 0 Å². The van der Waals surface area contributed by atoms with Crippen molar-refractivity contribution in [2.75, 3.05) is 13.1 Å². The molecule has 0 radical (unpaired) electrons. The lowest BCUT2D eigenvalue weighted by Crippen LogP contribution is -2.29. The number of nitrogens with one attached hydrogen (secondary N) is 1. The first-order valence-corrected chi connectivity index (χ1v) is 8.78. The van der Waals surface area contributed by atoms with E-state index in [-0.39, 0.29) is 5.92 Å². The van der Waals surface area contributed by atoms with E-state index in [9.17, 15) is 8.42 Å². The van der Waals surface area contributed by atoms with Crippen LogP contribution in [0, 0.1) is 0 Å². The maximum atomic E-state index is 12.9. The fourth-order valence-electron chi connectivity index (χ4n) is 2.91. The van der Waals surface area contributed by atoms with Gasteiger partial charge in [0.15, 0.2) is 0 Å². The molecule has 0 amide bonds. The molecule has 1 unspecified atom stereocenters. The van der Waals surface area contributed by atoms with Gasteiger partial charge in [-0.25, -0.2) is 8.42 Å². The van der Waals surface area contributed by atoms with Gasteiger partial charge in [0.1, 0.15) is 0 Å². The Morgan fingerprint density at radius 2 is 1.67 bits per heavy atom. The number of sulfone groups is 1. The zero-order valence-electron chi connectivity index (χ0n) is 11.8. The second-order valence-corrected chi connectivity index (χ2v) is 7.32. The topological polar surface area (TPSA) is 46.2 Å². The third-order valence-corrected chi connectivity index (χ3v) is 5.84. The lowest BCUT2D eigenvalue weighted by Gasteiger charge is -2.25. The van der Waals surface area contributed by atoms with Crippen LogP contribution in [-0.4, -0.2) is 21.5 Å². The van der Waals surface area contributed by atoms with Crippen molar-refractivity contribution in [1.82, 2.24) is 5.32 Å². The molecule has 1 atom stereocenters. The van der Waals surface area contributed by atoms with Gasteiger partial charge in [0.25, 0.3) is 0 Å². The zero-order chi connectivity index (χ0) is 14.7. The summed E-state index contributed by atoms with van der Waals surface area (Å²) in [4.78, 5) is 0.811. The Balaban J connectivity index is 2.06. The Hall–Kier alpha value is -1.65. The first-order valence-electron chi connectivity index (χ1n) is 7.29. The van der Waals surface area contributed by atoms with E-state index in [1.807, 2.05) is 18.2 Å². The van der Waals surface area contributed by atoms with Crippen LogP contribution in [0.1, 0.15) is 24.3 Å². The minimum atomic E-state index is -3.45. The van der Waals surface area contributed by atoms with Crippen LogP contribution < -0.4 is 5.32 Å². The summed E-state index contributed by atoms with van der Waals surface area (Å²) >= 11 is 0. The van der Waals surface area contributed by atoms with Crippen molar-refractivity contribution in [2.24, 2.45) is 0 Å². The van der Waals surface area contributed by atoms with Crippen LogP contribution in [-0.2, 0) is 9.84 Å². The van der Waals surface area contributed by atoms with Gasteiger partial charge in [0, 0.05) is 6.54 Å². The highest BCUT2D eigenvalue weighted by molar-refractivity contribution is 7.91. The van der Waals surface area contributed by atoms with Gasteiger partial charge >= 0.3 is 0 Å². The van der Waals surface area contributed by atoms with Gasteiger partial charge in [-0.1, -0.05) is 36.4 Å². The molecule has 1 fully saturated rings. The number of hydrogen-bond acceptors (Lipinski definition) is 3. The Bertz CT molecular complexity index is 705. The van der Waals surface area contributed by atoms with Crippen LogP contribution in [0.25, 0.3) is 0 Å². The van der Waals surface area contributed by atoms with Crippen molar-refractivity contribution in [1.29, 1.82) is 0 Å². The van der Waals surface area contributed by atoms with Crippen molar-refractivity contribution >= 4 is 9.84 Å². The Morgan fingerprint density at radius 3 is 2.38 bits per heavy atom. The molecule has 0 bridgehead atoms. The molecule has 0 saturated carbocycles. The predicted octanol–water partition coefficient (Wildman–Crippen LogP) is 2.99. The van der Waals surface area contributed by atoms with E-state index in [1.165, 1.54) is 0 Å². The van der Waals surface area contributed by atoms with Crippen LogP contribution in [0.15, 0.2) is 64.4 Å². The Morgan fingerprint density at radius 1 is 0.952 bits per heavy atom. The third-order valence-electron chi connectivity index (χ3n) is 4.00. The molecule has 21 heavy (non-hydrogen) atoms.